The molecule has 0 fully saturated rings. The van der Waals surface area contributed by atoms with Crippen LogP contribution in [0, 0.1) is 0 Å². The van der Waals surface area contributed by atoms with Crippen LogP contribution < -0.4 is 11.0 Å². The number of hydrazone groups is 1. The Bertz CT molecular complexity index is 1470. The summed E-state index contributed by atoms with van der Waals surface area (Å²) in [6, 6.07) is 13.1. The van der Waals surface area contributed by atoms with Crippen molar-refractivity contribution >= 4 is 51.5 Å². The molecule has 1 amide bonds. The van der Waals surface area contributed by atoms with Gasteiger partial charge in [-0.3, -0.25) is 14.2 Å². The summed E-state index contributed by atoms with van der Waals surface area (Å²) in [4.78, 5) is 33.0. The van der Waals surface area contributed by atoms with E-state index in [2.05, 4.69) is 10.5 Å². The first-order valence-electron chi connectivity index (χ1n) is 11.4. The zero-order chi connectivity index (χ0) is 24.2. The summed E-state index contributed by atoms with van der Waals surface area (Å²) in [6.45, 7) is 1.87. The molecule has 0 atom stereocenters. The molecule has 0 saturated heterocycles. The van der Waals surface area contributed by atoms with Gasteiger partial charge in [0, 0.05) is 4.88 Å². The number of carbonyl (C=O) groups is 1. The number of hydrogen-bond acceptors (Lipinski definition) is 7. The Balaban J connectivity index is 1.38. The van der Waals surface area contributed by atoms with Crippen molar-refractivity contribution in [1.82, 2.24) is 15.0 Å². The quantitative estimate of drug-likeness (QED) is 0.161. The monoisotopic (exact) mass is 504 g/mol. The van der Waals surface area contributed by atoms with Crippen LogP contribution in [0.5, 0.6) is 0 Å². The topological polar surface area (TPSA) is 89.5 Å². The molecular weight excluding hydrogens is 480 g/mol. The minimum atomic E-state index is -0.281. The molecular formula is C26H24N4O3S2. The molecule has 1 aliphatic rings. The predicted octanol–water partition coefficient (Wildman–Crippen LogP) is 5.22. The van der Waals surface area contributed by atoms with Gasteiger partial charge in [0.15, 0.2) is 5.16 Å². The Morgan fingerprint density at radius 2 is 2.06 bits per heavy atom. The molecule has 3 heterocycles. The number of thiophene rings is 1. The predicted molar refractivity (Wildman–Crippen MR) is 142 cm³/mol. The number of nitrogens with zero attached hydrogens (tertiary/aromatic N) is 3. The van der Waals surface area contributed by atoms with Crippen LogP contribution in [0.2, 0.25) is 0 Å². The molecule has 5 rings (SSSR count). The molecule has 7 nitrogen and oxygen atoms in total. The van der Waals surface area contributed by atoms with Crippen LogP contribution in [0.3, 0.4) is 0 Å². The van der Waals surface area contributed by atoms with Gasteiger partial charge < -0.3 is 4.42 Å². The molecule has 9 heteroatoms. The Kier molecular flexibility index (Phi) is 6.96. The Labute approximate surface area is 210 Å². The van der Waals surface area contributed by atoms with Gasteiger partial charge in [-0.25, -0.2) is 10.4 Å². The molecule has 1 aliphatic carbocycles. The van der Waals surface area contributed by atoms with Gasteiger partial charge >= 0.3 is 0 Å². The molecule has 1 N–H and O–H groups in total. The lowest BCUT2D eigenvalue weighted by atomic mass is 9.97. The minimum Gasteiger partial charge on any atom is -0.465 e. The highest BCUT2D eigenvalue weighted by molar-refractivity contribution is 7.99. The summed E-state index contributed by atoms with van der Waals surface area (Å²) in [5.41, 5.74) is 5.19. The van der Waals surface area contributed by atoms with Gasteiger partial charge in [-0.15, -0.1) is 11.3 Å². The van der Waals surface area contributed by atoms with E-state index in [1.54, 1.807) is 34.4 Å². The number of aromatic nitrogens is 2. The zero-order valence-corrected chi connectivity index (χ0v) is 20.8. The Morgan fingerprint density at radius 1 is 1.23 bits per heavy atom. The van der Waals surface area contributed by atoms with E-state index in [4.69, 9.17) is 9.40 Å². The summed E-state index contributed by atoms with van der Waals surface area (Å²) in [5, 5.41) is 5.25. The van der Waals surface area contributed by atoms with Crippen LogP contribution in [0.1, 0.15) is 36.0 Å². The smallest absolute Gasteiger partial charge is 0.267 e. The number of nitrogens with one attached hydrogen (secondary N) is 1. The first-order chi connectivity index (χ1) is 17.1. The normalized spacial score (nSPS) is 13.9. The van der Waals surface area contributed by atoms with Crippen LogP contribution in [-0.4, -0.2) is 27.4 Å². The van der Waals surface area contributed by atoms with E-state index in [0.717, 1.165) is 52.7 Å². The number of allylic oxidation sites excluding steroid dienone is 1. The summed E-state index contributed by atoms with van der Waals surface area (Å²) in [5.74, 6) is 0.511. The second-order valence-electron chi connectivity index (χ2n) is 8.25. The summed E-state index contributed by atoms with van der Waals surface area (Å²) in [6.07, 6.45) is 9.14. The standard InChI is InChI=1S/C26H24N4O3S2/c1-17(14-19-10-7-13-33-19)15-27-29-22(31)16-34-26-28-24-23(20-11-5-6-12-21(20)35-24)25(32)30(26)18-8-3-2-4-9-18/h2-4,7-10,13-15H,5-6,11-12,16H2,1H3,(H,29,31)/b17-14-,27-15+. The largest absolute Gasteiger partial charge is 0.465 e. The van der Waals surface area contributed by atoms with Crippen molar-refractivity contribution in [3.8, 4) is 5.69 Å². The fraction of sp³-hybridized carbons (Fsp3) is 0.231. The van der Waals surface area contributed by atoms with Crippen molar-refractivity contribution in [2.75, 3.05) is 5.75 Å². The SMILES string of the molecule is CC(=C/c1ccco1)/C=N/NC(=O)CSc1nc2sc3c(c2c(=O)n1-c1ccccc1)CCCC3. The van der Waals surface area contributed by atoms with Crippen molar-refractivity contribution in [1.29, 1.82) is 0 Å². The van der Waals surface area contributed by atoms with E-state index < -0.39 is 0 Å². The highest BCUT2D eigenvalue weighted by Gasteiger charge is 2.23. The molecule has 1 aromatic carbocycles. The lowest BCUT2D eigenvalue weighted by molar-refractivity contribution is -0.118. The summed E-state index contributed by atoms with van der Waals surface area (Å²) >= 11 is 2.84. The van der Waals surface area contributed by atoms with Gasteiger partial charge in [-0.2, -0.15) is 5.10 Å². The number of furan rings is 1. The van der Waals surface area contributed by atoms with E-state index in [1.807, 2.05) is 49.4 Å². The third-order valence-corrected chi connectivity index (χ3v) is 7.80. The van der Waals surface area contributed by atoms with Crippen LogP contribution in [0.4, 0.5) is 0 Å². The third-order valence-electron chi connectivity index (χ3n) is 5.68. The first kappa shape index (κ1) is 23.3. The fourth-order valence-electron chi connectivity index (χ4n) is 4.09. The number of rotatable bonds is 7. The maximum Gasteiger partial charge on any atom is 0.267 e. The number of thioether (sulfide) groups is 1. The molecule has 0 unspecified atom stereocenters. The molecule has 178 valence electrons. The van der Waals surface area contributed by atoms with Crippen LogP contribution in [0.15, 0.2) is 73.8 Å². The van der Waals surface area contributed by atoms with E-state index in [0.29, 0.717) is 10.9 Å². The van der Waals surface area contributed by atoms with Crippen molar-refractivity contribution in [3.05, 3.63) is 80.9 Å². The average Bonchev–Trinajstić information content (AvgIpc) is 3.50. The van der Waals surface area contributed by atoms with Gasteiger partial charge in [-0.05, 0) is 74.1 Å². The number of benzene rings is 1. The zero-order valence-electron chi connectivity index (χ0n) is 19.2. The molecule has 0 spiro atoms. The number of amides is 1. The van der Waals surface area contributed by atoms with Crippen molar-refractivity contribution in [2.24, 2.45) is 5.10 Å². The molecule has 3 aromatic heterocycles. The van der Waals surface area contributed by atoms with E-state index in [1.165, 1.54) is 16.6 Å². The first-order valence-corrected chi connectivity index (χ1v) is 13.2. The summed E-state index contributed by atoms with van der Waals surface area (Å²) < 4.78 is 6.90. The van der Waals surface area contributed by atoms with Gasteiger partial charge in [0.2, 0.25) is 0 Å². The molecule has 0 aliphatic heterocycles. The second kappa shape index (κ2) is 10.5. The Hall–Kier alpha value is -3.43. The number of para-hydroxylation sites is 1. The van der Waals surface area contributed by atoms with Crippen LogP contribution >= 0.6 is 23.1 Å². The number of aryl methyl sites for hydroxylation is 2. The number of carbonyl (C=O) groups excluding carboxylic acids is 1. The van der Waals surface area contributed by atoms with Crippen molar-refractivity contribution in [3.63, 3.8) is 0 Å². The highest BCUT2D eigenvalue weighted by Crippen LogP contribution is 2.35. The van der Waals surface area contributed by atoms with E-state index >= 15 is 0 Å². The van der Waals surface area contributed by atoms with Gasteiger partial charge in [-0.1, -0.05) is 30.0 Å². The molecule has 0 radical (unpaired) electrons. The molecule has 35 heavy (non-hydrogen) atoms. The van der Waals surface area contributed by atoms with Crippen LogP contribution in [0.25, 0.3) is 22.0 Å². The Morgan fingerprint density at radius 3 is 2.86 bits per heavy atom. The van der Waals surface area contributed by atoms with Gasteiger partial charge in [0.05, 0.1) is 29.3 Å². The molecule has 0 saturated carbocycles. The number of hydrogen-bond donors (Lipinski definition) is 1. The lowest BCUT2D eigenvalue weighted by Crippen LogP contribution is -2.24. The minimum absolute atomic E-state index is 0.0692. The second-order valence-corrected chi connectivity index (χ2v) is 10.3. The van der Waals surface area contributed by atoms with E-state index in [9.17, 15) is 9.59 Å². The van der Waals surface area contributed by atoms with Gasteiger partial charge in [0.1, 0.15) is 10.6 Å². The summed E-state index contributed by atoms with van der Waals surface area (Å²) in [7, 11) is 0. The van der Waals surface area contributed by atoms with Gasteiger partial charge in [0.25, 0.3) is 11.5 Å². The molecule has 4 aromatic rings. The maximum absolute atomic E-state index is 13.7. The maximum atomic E-state index is 13.7. The van der Waals surface area contributed by atoms with Crippen molar-refractivity contribution in [2.45, 2.75) is 37.8 Å². The van der Waals surface area contributed by atoms with Crippen LogP contribution in [-0.2, 0) is 17.6 Å². The lowest BCUT2D eigenvalue weighted by Gasteiger charge is -2.13. The molecule has 0 bridgehead atoms. The number of fused-ring (bicyclic) bond motifs is 3. The fourth-order valence-corrected chi connectivity index (χ4v) is 6.20. The van der Waals surface area contributed by atoms with E-state index in [-0.39, 0.29) is 17.2 Å². The van der Waals surface area contributed by atoms with Crippen molar-refractivity contribution < 1.29 is 9.21 Å². The third kappa shape index (κ3) is 5.16. The average molecular weight is 505 g/mol. The highest BCUT2D eigenvalue weighted by atomic mass is 32.2.